The van der Waals surface area contributed by atoms with Gasteiger partial charge in [0.25, 0.3) is 5.91 Å². The van der Waals surface area contributed by atoms with Gasteiger partial charge in [-0.3, -0.25) is 4.79 Å². The van der Waals surface area contributed by atoms with Gasteiger partial charge in [0.1, 0.15) is 12.4 Å². The third kappa shape index (κ3) is 5.92. The van der Waals surface area contributed by atoms with E-state index in [1.54, 1.807) is 41.8 Å². The number of hydrogen-bond donors (Lipinski definition) is 1. The van der Waals surface area contributed by atoms with Crippen LogP contribution in [0, 0.1) is 6.92 Å². The van der Waals surface area contributed by atoms with E-state index >= 15 is 0 Å². The number of carbonyl (C=O) groups excluding carboxylic acids is 1. The summed E-state index contributed by atoms with van der Waals surface area (Å²) in [7, 11) is 0. The predicted molar refractivity (Wildman–Crippen MR) is 106 cm³/mol. The number of rotatable bonds is 6. The van der Waals surface area contributed by atoms with Gasteiger partial charge in [-0.25, -0.2) is 5.43 Å². The van der Waals surface area contributed by atoms with E-state index in [4.69, 9.17) is 4.74 Å². The van der Waals surface area contributed by atoms with Crippen LogP contribution in [0.3, 0.4) is 0 Å². The predicted octanol–water partition coefficient (Wildman–Crippen LogP) is 5.42. The zero-order chi connectivity index (χ0) is 20.9. The van der Waals surface area contributed by atoms with Crippen LogP contribution in [-0.2, 0) is 12.8 Å². The molecule has 0 bridgehead atoms. The van der Waals surface area contributed by atoms with E-state index in [-0.39, 0.29) is 12.5 Å². The van der Waals surface area contributed by atoms with Crippen LogP contribution in [0.4, 0.5) is 13.2 Å². The Hall–Kier alpha value is -3.13. The number of amides is 1. The highest BCUT2D eigenvalue weighted by Gasteiger charge is 2.30. The van der Waals surface area contributed by atoms with E-state index in [0.717, 1.165) is 17.0 Å². The standard InChI is InChI=1S/C21H17F3N2O2S/c1-14-8-17(13-29-14)20(27)26-25-11-15-4-3-7-19(10-15)28-12-16-5-2-6-18(9-16)21(22,23)24/h2-11,13H,12H2,1H3,(H,26,27). The first-order valence-corrected chi connectivity index (χ1v) is 9.47. The van der Waals surface area contributed by atoms with Crippen LogP contribution in [0.25, 0.3) is 0 Å². The Morgan fingerprint density at radius 1 is 1.17 bits per heavy atom. The summed E-state index contributed by atoms with van der Waals surface area (Å²) in [4.78, 5) is 13.0. The van der Waals surface area contributed by atoms with Crippen molar-refractivity contribution >= 4 is 23.5 Å². The van der Waals surface area contributed by atoms with E-state index in [1.807, 2.05) is 6.92 Å². The molecule has 3 aromatic rings. The second-order valence-corrected chi connectivity index (χ2v) is 7.32. The molecule has 3 rings (SSSR count). The zero-order valence-electron chi connectivity index (χ0n) is 15.4. The fourth-order valence-corrected chi connectivity index (χ4v) is 3.16. The van der Waals surface area contributed by atoms with E-state index in [0.29, 0.717) is 22.4 Å². The Morgan fingerprint density at radius 3 is 2.69 bits per heavy atom. The van der Waals surface area contributed by atoms with Crippen molar-refractivity contribution in [3.05, 3.63) is 87.1 Å². The number of alkyl halides is 3. The van der Waals surface area contributed by atoms with Crippen molar-refractivity contribution in [2.45, 2.75) is 19.7 Å². The molecular weight excluding hydrogens is 401 g/mol. The molecule has 150 valence electrons. The van der Waals surface area contributed by atoms with E-state index in [1.165, 1.54) is 23.6 Å². The maximum absolute atomic E-state index is 12.8. The lowest BCUT2D eigenvalue weighted by molar-refractivity contribution is -0.137. The molecule has 8 heteroatoms. The number of benzene rings is 2. The number of nitrogens with one attached hydrogen (secondary N) is 1. The highest BCUT2D eigenvalue weighted by Crippen LogP contribution is 2.29. The fraction of sp³-hybridized carbons (Fsp3) is 0.143. The topological polar surface area (TPSA) is 50.7 Å². The van der Waals surface area contributed by atoms with Crippen LogP contribution in [0.2, 0.25) is 0 Å². The second-order valence-electron chi connectivity index (χ2n) is 6.20. The molecule has 0 unspecified atom stereocenters. The molecule has 0 aliphatic carbocycles. The van der Waals surface area contributed by atoms with Gasteiger partial charge in [0.2, 0.25) is 0 Å². The van der Waals surface area contributed by atoms with Gasteiger partial charge < -0.3 is 4.74 Å². The SMILES string of the molecule is Cc1cc(C(=O)NN=Cc2cccc(OCc3cccc(C(F)(F)F)c3)c2)cs1. The number of aryl methyl sites for hydroxylation is 1. The minimum atomic E-state index is -4.39. The molecule has 1 N–H and O–H groups in total. The first kappa shape index (κ1) is 20.6. The van der Waals surface area contributed by atoms with Gasteiger partial charge >= 0.3 is 6.18 Å². The summed E-state index contributed by atoms with van der Waals surface area (Å²) in [5.74, 6) is 0.175. The number of hydrazone groups is 1. The summed E-state index contributed by atoms with van der Waals surface area (Å²) in [6.07, 6.45) is -2.92. The largest absolute Gasteiger partial charge is 0.489 e. The molecule has 1 heterocycles. The van der Waals surface area contributed by atoms with Gasteiger partial charge in [-0.15, -0.1) is 11.3 Å². The molecule has 0 aliphatic heterocycles. The van der Waals surface area contributed by atoms with Crippen molar-refractivity contribution < 1.29 is 22.7 Å². The number of ether oxygens (including phenoxy) is 1. The molecule has 0 atom stereocenters. The van der Waals surface area contributed by atoms with Crippen molar-refractivity contribution in [2.24, 2.45) is 5.10 Å². The van der Waals surface area contributed by atoms with Crippen LogP contribution in [0.5, 0.6) is 5.75 Å². The number of hydrogen-bond acceptors (Lipinski definition) is 4. The molecule has 0 saturated heterocycles. The summed E-state index contributed by atoms with van der Waals surface area (Å²) in [6, 6.07) is 13.6. The molecule has 0 radical (unpaired) electrons. The monoisotopic (exact) mass is 418 g/mol. The minimum Gasteiger partial charge on any atom is -0.489 e. The van der Waals surface area contributed by atoms with Crippen molar-refractivity contribution in [3.8, 4) is 5.75 Å². The number of nitrogens with zero attached hydrogens (tertiary/aromatic N) is 1. The molecule has 1 amide bonds. The maximum atomic E-state index is 12.8. The third-order valence-electron chi connectivity index (χ3n) is 3.89. The second kappa shape index (κ2) is 8.91. The van der Waals surface area contributed by atoms with Gasteiger partial charge in [0.05, 0.1) is 17.3 Å². The summed E-state index contributed by atoms with van der Waals surface area (Å²) < 4.78 is 43.9. The Balaban J connectivity index is 1.59. The van der Waals surface area contributed by atoms with Crippen molar-refractivity contribution in [3.63, 3.8) is 0 Å². The molecule has 4 nitrogen and oxygen atoms in total. The molecule has 2 aromatic carbocycles. The normalized spacial score (nSPS) is 11.6. The summed E-state index contributed by atoms with van der Waals surface area (Å²) in [5, 5.41) is 5.68. The smallest absolute Gasteiger partial charge is 0.416 e. The molecule has 0 fully saturated rings. The van der Waals surface area contributed by atoms with Crippen molar-refractivity contribution in [2.75, 3.05) is 0 Å². The van der Waals surface area contributed by atoms with Crippen LogP contribution >= 0.6 is 11.3 Å². The van der Waals surface area contributed by atoms with Gasteiger partial charge in [-0.2, -0.15) is 18.3 Å². The molecular formula is C21H17F3N2O2S. The average Bonchev–Trinajstić information content (AvgIpc) is 3.13. The van der Waals surface area contributed by atoms with Crippen LogP contribution < -0.4 is 10.2 Å². The van der Waals surface area contributed by atoms with Crippen LogP contribution in [0.1, 0.15) is 31.9 Å². The van der Waals surface area contributed by atoms with Gasteiger partial charge in [-0.1, -0.05) is 24.3 Å². The quantitative estimate of drug-likeness (QED) is 0.429. The Kier molecular flexibility index (Phi) is 6.33. The highest BCUT2D eigenvalue weighted by molar-refractivity contribution is 7.10. The Bertz CT molecular complexity index is 1030. The number of halogens is 3. The molecule has 0 saturated carbocycles. The summed E-state index contributed by atoms with van der Waals surface area (Å²) >= 11 is 1.48. The minimum absolute atomic E-state index is 0.00123. The first-order chi connectivity index (χ1) is 13.8. The van der Waals surface area contributed by atoms with Crippen LogP contribution in [-0.4, -0.2) is 12.1 Å². The zero-order valence-corrected chi connectivity index (χ0v) is 16.2. The van der Waals surface area contributed by atoms with Gasteiger partial charge in [0.15, 0.2) is 0 Å². The highest BCUT2D eigenvalue weighted by atomic mass is 32.1. The number of thiophene rings is 1. The van der Waals surface area contributed by atoms with Gasteiger partial charge in [-0.05, 0) is 48.4 Å². The third-order valence-corrected chi connectivity index (χ3v) is 4.75. The fourth-order valence-electron chi connectivity index (χ4n) is 2.48. The molecule has 0 aliphatic rings. The first-order valence-electron chi connectivity index (χ1n) is 8.59. The summed E-state index contributed by atoms with van der Waals surface area (Å²) in [6.45, 7) is 1.91. The molecule has 29 heavy (non-hydrogen) atoms. The summed E-state index contributed by atoms with van der Waals surface area (Å²) in [5.41, 5.74) is 3.37. The van der Waals surface area contributed by atoms with E-state index in [2.05, 4.69) is 10.5 Å². The lowest BCUT2D eigenvalue weighted by atomic mass is 10.1. The van der Waals surface area contributed by atoms with E-state index < -0.39 is 11.7 Å². The Labute approximate surface area is 169 Å². The average molecular weight is 418 g/mol. The lowest BCUT2D eigenvalue weighted by Gasteiger charge is -2.10. The molecule has 0 spiro atoms. The Morgan fingerprint density at radius 2 is 1.97 bits per heavy atom. The lowest BCUT2D eigenvalue weighted by Crippen LogP contribution is -2.16. The maximum Gasteiger partial charge on any atom is 0.416 e. The van der Waals surface area contributed by atoms with Crippen LogP contribution in [0.15, 0.2) is 65.1 Å². The number of carbonyl (C=O) groups is 1. The van der Waals surface area contributed by atoms with Gasteiger partial charge in [0, 0.05) is 10.3 Å². The van der Waals surface area contributed by atoms with E-state index in [9.17, 15) is 18.0 Å². The van der Waals surface area contributed by atoms with Crippen molar-refractivity contribution in [1.29, 1.82) is 0 Å². The molecule has 1 aromatic heterocycles. The van der Waals surface area contributed by atoms with Crippen molar-refractivity contribution in [1.82, 2.24) is 5.43 Å².